The lowest BCUT2D eigenvalue weighted by molar-refractivity contribution is -0.137. The van der Waals surface area contributed by atoms with Crippen molar-refractivity contribution in [2.75, 3.05) is 18.5 Å². The Morgan fingerprint density at radius 2 is 1.88 bits per heavy atom. The lowest BCUT2D eigenvalue weighted by Gasteiger charge is -2.16. The Kier molecular flexibility index (Phi) is 8.06. The predicted molar refractivity (Wildman–Crippen MR) is 118 cm³/mol. The van der Waals surface area contributed by atoms with Gasteiger partial charge in [0.15, 0.2) is 6.61 Å². The van der Waals surface area contributed by atoms with Crippen LogP contribution in [0.1, 0.15) is 48.5 Å². The summed E-state index contributed by atoms with van der Waals surface area (Å²) < 4.78 is 45.2. The summed E-state index contributed by atoms with van der Waals surface area (Å²) in [5.41, 5.74) is -0.513. The molecule has 9 heteroatoms. The van der Waals surface area contributed by atoms with Crippen LogP contribution in [0.5, 0.6) is 5.75 Å². The number of benzene rings is 2. The predicted octanol–water partition coefficient (Wildman–Crippen LogP) is 5.51. The highest BCUT2D eigenvalue weighted by Gasteiger charge is 2.32. The average molecular weight is 467 g/mol. The molecular weight excluding hydrogens is 441 g/mol. The standard InChI is InChI=1S/C23H25F3N2O3S/c1-2-27-21(29)14-31-17-7-5-6-16(13-17)28-22(30)19-12-15(23(24,25)26)10-11-20(19)32-18-8-3-4-9-18/h5-7,10-13,18H,2-4,8-9,14H2,1H3,(H,27,29)(H,28,30). The number of halogens is 3. The van der Waals surface area contributed by atoms with Gasteiger partial charge in [0.2, 0.25) is 0 Å². The van der Waals surface area contributed by atoms with Crippen molar-refractivity contribution < 1.29 is 27.5 Å². The zero-order valence-electron chi connectivity index (χ0n) is 17.6. The minimum absolute atomic E-state index is 0.00892. The van der Waals surface area contributed by atoms with Crippen LogP contribution >= 0.6 is 11.8 Å². The summed E-state index contributed by atoms with van der Waals surface area (Å²) >= 11 is 1.46. The fourth-order valence-electron chi connectivity index (χ4n) is 3.43. The maximum Gasteiger partial charge on any atom is 0.416 e. The molecule has 0 heterocycles. The van der Waals surface area contributed by atoms with Crippen LogP contribution in [0.3, 0.4) is 0 Å². The number of amides is 2. The topological polar surface area (TPSA) is 67.4 Å². The monoisotopic (exact) mass is 466 g/mol. The first kappa shape index (κ1) is 24.0. The largest absolute Gasteiger partial charge is 0.484 e. The molecule has 2 amide bonds. The number of likely N-dealkylation sites (N-methyl/N-ethyl adjacent to an activating group) is 1. The first-order valence-corrected chi connectivity index (χ1v) is 11.3. The van der Waals surface area contributed by atoms with Crippen LogP contribution in [0.25, 0.3) is 0 Å². The normalized spacial score (nSPS) is 14.2. The molecule has 0 atom stereocenters. The number of thioether (sulfide) groups is 1. The van der Waals surface area contributed by atoms with Crippen LogP contribution in [0.4, 0.5) is 18.9 Å². The summed E-state index contributed by atoms with van der Waals surface area (Å²) in [5.74, 6) is -0.546. The second-order valence-corrected chi connectivity index (χ2v) is 8.80. The summed E-state index contributed by atoms with van der Waals surface area (Å²) in [4.78, 5) is 25.0. The van der Waals surface area contributed by atoms with Crippen LogP contribution in [0, 0.1) is 0 Å². The Hall–Kier alpha value is -2.68. The van der Waals surface area contributed by atoms with Crippen LogP contribution in [0.15, 0.2) is 47.4 Å². The molecule has 32 heavy (non-hydrogen) atoms. The van der Waals surface area contributed by atoms with E-state index in [1.807, 2.05) is 0 Å². The SMILES string of the molecule is CCNC(=O)COc1cccc(NC(=O)c2cc(C(F)(F)F)ccc2SC2CCCC2)c1. The minimum atomic E-state index is -4.54. The molecule has 5 nitrogen and oxygen atoms in total. The molecule has 172 valence electrons. The number of carbonyl (C=O) groups is 2. The number of hydrogen-bond acceptors (Lipinski definition) is 4. The second-order valence-electron chi connectivity index (χ2n) is 7.46. The molecule has 2 N–H and O–H groups in total. The highest BCUT2D eigenvalue weighted by atomic mass is 32.2. The van der Waals surface area contributed by atoms with E-state index in [2.05, 4.69) is 10.6 Å². The van der Waals surface area contributed by atoms with Gasteiger partial charge in [-0.3, -0.25) is 9.59 Å². The highest BCUT2D eigenvalue weighted by Crippen LogP contribution is 2.39. The third-order valence-corrected chi connectivity index (χ3v) is 6.40. The van der Waals surface area contributed by atoms with Gasteiger partial charge in [-0.2, -0.15) is 13.2 Å². The molecule has 3 rings (SSSR count). The number of anilines is 1. The van der Waals surface area contributed by atoms with Gasteiger partial charge >= 0.3 is 6.18 Å². The molecule has 0 bridgehead atoms. The molecule has 1 saturated carbocycles. The van der Waals surface area contributed by atoms with Crippen molar-refractivity contribution in [1.29, 1.82) is 0 Å². The molecule has 1 aliphatic carbocycles. The Balaban J connectivity index is 1.78. The van der Waals surface area contributed by atoms with Crippen molar-refractivity contribution in [2.45, 2.75) is 48.9 Å². The molecule has 0 spiro atoms. The number of ether oxygens (including phenoxy) is 1. The van der Waals surface area contributed by atoms with Gasteiger partial charge in [-0.25, -0.2) is 0 Å². The maximum absolute atomic E-state index is 13.3. The molecule has 1 aliphatic rings. The first-order chi connectivity index (χ1) is 15.3. The number of nitrogens with one attached hydrogen (secondary N) is 2. The zero-order valence-corrected chi connectivity index (χ0v) is 18.4. The Morgan fingerprint density at radius 3 is 2.56 bits per heavy atom. The van der Waals surface area contributed by atoms with Crippen molar-refractivity contribution in [2.24, 2.45) is 0 Å². The number of rotatable bonds is 8. The fourth-order valence-corrected chi connectivity index (χ4v) is 4.78. The van der Waals surface area contributed by atoms with Gasteiger partial charge in [0.05, 0.1) is 11.1 Å². The van der Waals surface area contributed by atoms with E-state index in [-0.39, 0.29) is 18.1 Å². The minimum Gasteiger partial charge on any atom is -0.484 e. The maximum atomic E-state index is 13.3. The smallest absolute Gasteiger partial charge is 0.416 e. The third-order valence-electron chi connectivity index (χ3n) is 4.98. The Bertz CT molecular complexity index is 960. The summed E-state index contributed by atoms with van der Waals surface area (Å²) in [6.45, 7) is 2.10. The van der Waals surface area contributed by atoms with Gasteiger partial charge < -0.3 is 15.4 Å². The Morgan fingerprint density at radius 1 is 1.12 bits per heavy atom. The van der Waals surface area contributed by atoms with Gasteiger partial charge in [0.25, 0.3) is 11.8 Å². The van der Waals surface area contributed by atoms with E-state index in [0.717, 1.165) is 37.8 Å². The molecule has 0 aromatic heterocycles. The van der Waals surface area contributed by atoms with Crippen molar-refractivity contribution in [3.05, 3.63) is 53.6 Å². The summed E-state index contributed by atoms with van der Waals surface area (Å²) in [5, 5.41) is 5.56. The zero-order chi connectivity index (χ0) is 23.1. The van der Waals surface area contributed by atoms with E-state index in [4.69, 9.17) is 4.74 Å². The van der Waals surface area contributed by atoms with Gasteiger partial charge in [0.1, 0.15) is 5.75 Å². The fraction of sp³-hybridized carbons (Fsp3) is 0.391. The number of alkyl halides is 3. The highest BCUT2D eigenvalue weighted by molar-refractivity contribution is 8.00. The van der Waals surface area contributed by atoms with Crippen LogP contribution in [-0.2, 0) is 11.0 Å². The van der Waals surface area contributed by atoms with E-state index in [9.17, 15) is 22.8 Å². The molecule has 2 aromatic carbocycles. The van der Waals surface area contributed by atoms with Gasteiger partial charge in [-0.05, 0) is 50.1 Å². The van der Waals surface area contributed by atoms with Crippen molar-refractivity contribution in [3.63, 3.8) is 0 Å². The summed E-state index contributed by atoms with van der Waals surface area (Å²) in [6, 6.07) is 9.69. The first-order valence-electron chi connectivity index (χ1n) is 10.4. The lowest BCUT2D eigenvalue weighted by Crippen LogP contribution is -2.28. The lowest BCUT2D eigenvalue weighted by atomic mass is 10.1. The van der Waals surface area contributed by atoms with Crippen molar-refractivity contribution in [1.82, 2.24) is 5.32 Å². The van der Waals surface area contributed by atoms with Gasteiger partial charge in [-0.1, -0.05) is 18.9 Å². The average Bonchev–Trinajstić information content (AvgIpc) is 3.25. The molecule has 1 fully saturated rings. The quantitative estimate of drug-likeness (QED) is 0.539. The van der Waals surface area contributed by atoms with Crippen molar-refractivity contribution >= 4 is 29.3 Å². The number of carbonyl (C=O) groups excluding carboxylic acids is 2. The van der Waals surface area contributed by atoms with E-state index >= 15 is 0 Å². The molecule has 0 aliphatic heterocycles. The van der Waals surface area contributed by atoms with Crippen LogP contribution < -0.4 is 15.4 Å². The van der Waals surface area contributed by atoms with E-state index < -0.39 is 17.6 Å². The van der Waals surface area contributed by atoms with E-state index in [1.54, 1.807) is 25.1 Å². The summed E-state index contributed by atoms with van der Waals surface area (Å²) in [7, 11) is 0. The Labute approximate surface area is 189 Å². The molecule has 2 aromatic rings. The molecular formula is C23H25F3N2O3S. The van der Waals surface area contributed by atoms with Crippen LogP contribution in [-0.4, -0.2) is 30.2 Å². The second kappa shape index (κ2) is 10.8. The van der Waals surface area contributed by atoms with E-state index in [1.165, 1.54) is 23.9 Å². The van der Waals surface area contributed by atoms with Gasteiger partial charge in [-0.15, -0.1) is 11.8 Å². The molecule has 0 radical (unpaired) electrons. The number of hydrogen-bond donors (Lipinski definition) is 2. The molecule has 0 unspecified atom stereocenters. The van der Waals surface area contributed by atoms with Crippen LogP contribution in [0.2, 0.25) is 0 Å². The van der Waals surface area contributed by atoms with Gasteiger partial charge in [0, 0.05) is 28.4 Å². The molecule has 0 saturated heterocycles. The summed E-state index contributed by atoms with van der Waals surface area (Å²) in [6.07, 6.45) is -0.403. The van der Waals surface area contributed by atoms with Crippen molar-refractivity contribution in [3.8, 4) is 5.75 Å². The third kappa shape index (κ3) is 6.66. The van der Waals surface area contributed by atoms with E-state index in [0.29, 0.717) is 28.1 Å².